The Bertz CT molecular complexity index is 1050. The van der Waals surface area contributed by atoms with E-state index in [1.165, 1.54) is 161 Å². The number of carbonyl (C=O) groups is 2. The van der Waals surface area contributed by atoms with Crippen molar-refractivity contribution < 1.29 is 24.5 Å². The summed E-state index contributed by atoms with van der Waals surface area (Å²) in [6, 6.07) is -0.668. The van der Waals surface area contributed by atoms with Crippen LogP contribution in [0.2, 0.25) is 0 Å². The molecule has 0 aromatic rings. The molecule has 6 heteroatoms. The largest absolute Gasteiger partial charge is 0.466 e. The molecule has 0 aliphatic heterocycles. The van der Waals surface area contributed by atoms with Gasteiger partial charge >= 0.3 is 5.97 Å². The Hall–Kier alpha value is -2.18. The van der Waals surface area contributed by atoms with E-state index in [4.69, 9.17) is 4.74 Å². The number of ether oxygens (including phenoxy) is 1. The van der Waals surface area contributed by atoms with Crippen LogP contribution in [-0.4, -0.2) is 47.4 Å². The van der Waals surface area contributed by atoms with E-state index in [0.717, 1.165) is 83.5 Å². The zero-order valence-electron chi connectivity index (χ0n) is 41.1. The van der Waals surface area contributed by atoms with Crippen LogP contribution < -0.4 is 5.32 Å². The highest BCUT2D eigenvalue weighted by Gasteiger charge is 2.17. The van der Waals surface area contributed by atoms with Crippen LogP contribution in [0, 0.1) is 0 Å². The molecule has 0 heterocycles. The van der Waals surface area contributed by atoms with Crippen molar-refractivity contribution in [3.63, 3.8) is 0 Å². The highest BCUT2D eigenvalue weighted by molar-refractivity contribution is 5.76. The van der Waals surface area contributed by atoms with Gasteiger partial charge in [-0.2, -0.15) is 0 Å². The average molecular weight is 870 g/mol. The summed E-state index contributed by atoms with van der Waals surface area (Å²) >= 11 is 0. The SMILES string of the molecule is CCC/C=C\C/C=C\CCCCCCCC(=O)OCCCCCC/C=C\CCCC(=O)NC(CO)C(O)/C=C/CCCCCCCCCCCCCCCCCCCCCCC. The lowest BCUT2D eigenvalue weighted by Crippen LogP contribution is -2.45. The molecule has 6 nitrogen and oxygen atoms in total. The highest BCUT2D eigenvalue weighted by Crippen LogP contribution is 2.16. The molecule has 362 valence electrons. The van der Waals surface area contributed by atoms with E-state index in [2.05, 4.69) is 55.6 Å². The molecule has 0 aliphatic carbocycles. The van der Waals surface area contributed by atoms with Gasteiger partial charge in [0.2, 0.25) is 5.91 Å². The van der Waals surface area contributed by atoms with Crippen molar-refractivity contribution in [2.24, 2.45) is 0 Å². The van der Waals surface area contributed by atoms with Gasteiger partial charge in [0, 0.05) is 12.8 Å². The van der Waals surface area contributed by atoms with E-state index in [9.17, 15) is 19.8 Å². The number of esters is 1. The number of nitrogens with one attached hydrogen (secondary N) is 1. The molecule has 0 aromatic carbocycles. The van der Waals surface area contributed by atoms with Crippen LogP contribution in [-0.2, 0) is 14.3 Å². The Labute approximate surface area is 385 Å². The Balaban J connectivity index is 3.58. The molecule has 2 atom stereocenters. The van der Waals surface area contributed by atoms with E-state index in [1.807, 2.05) is 6.08 Å². The van der Waals surface area contributed by atoms with Crippen molar-refractivity contribution in [1.29, 1.82) is 0 Å². The van der Waals surface area contributed by atoms with Gasteiger partial charge in [-0.05, 0) is 77.0 Å². The lowest BCUT2D eigenvalue weighted by molar-refractivity contribution is -0.143. The van der Waals surface area contributed by atoms with Gasteiger partial charge in [-0.25, -0.2) is 0 Å². The van der Waals surface area contributed by atoms with Crippen LogP contribution in [0.5, 0.6) is 0 Å². The number of amides is 1. The first kappa shape index (κ1) is 59.8. The van der Waals surface area contributed by atoms with Gasteiger partial charge in [0.1, 0.15) is 0 Å². The van der Waals surface area contributed by atoms with Crippen LogP contribution in [0.25, 0.3) is 0 Å². The summed E-state index contributed by atoms with van der Waals surface area (Å²) in [5.41, 5.74) is 0. The number of aliphatic hydroxyl groups excluding tert-OH is 2. The zero-order chi connectivity index (χ0) is 45.1. The first-order valence-corrected chi connectivity index (χ1v) is 26.9. The molecule has 0 aromatic heterocycles. The molecular weight excluding hydrogens is 767 g/mol. The van der Waals surface area contributed by atoms with Gasteiger partial charge in [0.05, 0.1) is 25.4 Å². The van der Waals surface area contributed by atoms with Crippen LogP contribution in [0.3, 0.4) is 0 Å². The van der Waals surface area contributed by atoms with Gasteiger partial charge < -0.3 is 20.3 Å². The smallest absolute Gasteiger partial charge is 0.305 e. The highest BCUT2D eigenvalue weighted by atomic mass is 16.5. The second-order valence-corrected chi connectivity index (χ2v) is 18.2. The standard InChI is InChI=1S/C56H103NO5/c1-3-5-7-9-11-13-15-17-18-19-20-21-22-23-24-25-26-28-29-32-36-40-44-48-54(59)53(52-58)57-55(60)49-45-41-37-33-31-35-39-43-47-51-62-56(61)50-46-42-38-34-30-27-16-14-12-10-8-6-4-2/h8,10,14,16,33,37,44,48,53-54,58-59H,3-7,9,11-13,15,17-32,34-36,38-43,45-47,49-52H2,1-2H3,(H,57,60)/b10-8-,16-14-,37-33-,48-44+. The monoisotopic (exact) mass is 870 g/mol. The summed E-state index contributed by atoms with van der Waals surface area (Å²) < 4.78 is 5.42. The van der Waals surface area contributed by atoms with Crippen LogP contribution in [0.15, 0.2) is 48.6 Å². The fourth-order valence-electron chi connectivity index (χ4n) is 7.91. The van der Waals surface area contributed by atoms with Crippen molar-refractivity contribution in [2.45, 2.75) is 283 Å². The third-order valence-corrected chi connectivity index (χ3v) is 12.0. The van der Waals surface area contributed by atoms with Crippen molar-refractivity contribution in [1.82, 2.24) is 5.32 Å². The molecule has 0 bridgehead atoms. The van der Waals surface area contributed by atoms with Gasteiger partial charge in [0.25, 0.3) is 0 Å². The summed E-state index contributed by atoms with van der Waals surface area (Å²) in [4.78, 5) is 24.4. The number of carbonyl (C=O) groups excluding carboxylic acids is 2. The summed E-state index contributed by atoms with van der Waals surface area (Å²) in [5, 5.41) is 23.1. The maximum absolute atomic E-state index is 12.4. The molecule has 0 fully saturated rings. The molecule has 1 amide bonds. The Morgan fingerprint density at radius 1 is 0.452 bits per heavy atom. The average Bonchev–Trinajstić information content (AvgIpc) is 3.27. The molecule has 0 rings (SSSR count). The quantitative estimate of drug-likeness (QED) is 0.0322. The molecule has 3 N–H and O–H groups in total. The molecule has 0 saturated carbocycles. The van der Waals surface area contributed by atoms with Crippen LogP contribution >= 0.6 is 0 Å². The predicted octanol–water partition coefficient (Wildman–Crippen LogP) is 16.2. The molecule has 0 saturated heterocycles. The maximum Gasteiger partial charge on any atom is 0.305 e. The summed E-state index contributed by atoms with van der Waals surface area (Å²) in [6.45, 7) is 4.74. The normalized spacial score (nSPS) is 13.0. The fraction of sp³-hybridized carbons (Fsp3) is 0.821. The van der Waals surface area contributed by atoms with Crippen molar-refractivity contribution in [3.05, 3.63) is 48.6 Å². The topological polar surface area (TPSA) is 95.9 Å². The predicted molar refractivity (Wildman–Crippen MR) is 269 cm³/mol. The molecule has 0 aliphatic rings. The zero-order valence-corrected chi connectivity index (χ0v) is 41.1. The maximum atomic E-state index is 12.4. The van der Waals surface area contributed by atoms with Gasteiger partial charge in [-0.15, -0.1) is 0 Å². The fourth-order valence-corrected chi connectivity index (χ4v) is 7.91. The minimum Gasteiger partial charge on any atom is -0.466 e. The summed E-state index contributed by atoms with van der Waals surface area (Å²) in [5.74, 6) is -0.183. The second kappa shape index (κ2) is 51.5. The van der Waals surface area contributed by atoms with Crippen molar-refractivity contribution in [2.75, 3.05) is 13.2 Å². The summed E-state index contributed by atoms with van der Waals surface area (Å²) in [7, 11) is 0. The van der Waals surface area contributed by atoms with Gasteiger partial charge in [-0.1, -0.05) is 229 Å². The number of allylic oxidation sites excluding steroid dienone is 7. The van der Waals surface area contributed by atoms with E-state index in [-0.39, 0.29) is 18.5 Å². The molecule has 62 heavy (non-hydrogen) atoms. The van der Waals surface area contributed by atoms with Gasteiger partial charge in [-0.3, -0.25) is 9.59 Å². The minimum absolute atomic E-state index is 0.0536. The third kappa shape index (κ3) is 47.3. The molecule has 0 radical (unpaired) electrons. The molecule has 0 spiro atoms. The number of aliphatic hydroxyl groups is 2. The first-order chi connectivity index (χ1) is 30.5. The number of unbranched alkanes of at least 4 members (excludes halogenated alkanes) is 32. The first-order valence-electron chi connectivity index (χ1n) is 26.9. The van der Waals surface area contributed by atoms with E-state index in [1.54, 1.807) is 6.08 Å². The second-order valence-electron chi connectivity index (χ2n) is 18.2. The van der Waals surface area contributed by atoms with Crippen LogP contribution in [0.1, 0.15) is 271 Å². The number of rotatable bonds is 49. The molecule has 2 unspecified atom stereocenters. The van der Waals surface area contributed by atoms with Crippen LogP contribution in [0.4, 0.5) is 0 Å². The number of hydrogen-bond acceptors (Lipinski definition) is 5. The third-order valence-electron chi connectivity index (χ3n) is 12.0. The summed E-state index contributed by atoms with van der Waals surface area (Å²) in [6.07, 6.45) is 64.2. The Morgan fingerprint density at radius 3 is 1.34 bits per heavy atom. The Morgan fingerprint density at radius 2 is 0.855 bits per heavy atom. The minimum atomic E-state index is -0.878. The van der Waals surface area contributed by atoms with Gasteiger partial charge in [0.15, 0.2) is 0 Å². The Kier molecular flexibility index (Phi) is 49.6. The lowest BCUT2D eigenvalue weighted by Gasteiger charge is -2.19. The van der Waals surface area contributed by atoms with Crippen molar-refractivity contribution >= 4 is 11.9 Å². The van der Waals surface area contributed by atoms with E-state index >= 15 is 0 Å². The molecular formula is C56H103NO5. The number of hydrogen-bond donors (Lipinski definition) is 3. The van der Waals surface area contributed by atoms with E-state index in [0.29, 0.717) is 19.4 Å². The lowest BCUT2D eigenvalue weighted by atomic mass is 10.0. The van der Waals surface area contributed by atoms with Crippen molar-refractivity contribution in [3.8, 4) is 0 Å². The van der Waals surface area contributed by atoms with E-state index < -0.39 is 12.1 Å².